The third kappa shape index (κ3) is 3.89. The van der Waals surface area contributed by atoms with Crippen LogP contribution in [0.1, 0.15) is 19.8 Å². The number of pyridine rings is 1. The minimum absolute atomic E-state index is 0.0682. The van der Waals surface area contributed by atoms with E-state index < -0.39 is 0 Å². The van der Waals surface area contributed by atoms with Crippen molar-refractivity contribution in [3.8, 4) is 5.69 Å². The monoisotopic (exact) mass is 334 g/mol. The summed E-state index contributed by atoms with van der Waals surface area (Å²) in [6, 6.07) is 3.69. The molecule has 0 bridgehead atoms. The first-order chi connectivity index (χ1) is 11.2. The topological polar surface area (TPSA) is 60.2 Å². The molecule has 0 aliphatic heterocycles. The molecule has 2 aromatic rings. The molecule has 1 amide bonds. The highest BCUT2D eigenvalue weighted by molar-refractivity contribution is 6.32. The Morgan fingerprint density at radius 1 is 1.52 bits per heavy atom. The summed E-state index contributed by atoms with van der Waals surface area (Å²) in [5, 5.41) is 4.54. The molecule has 23 heavy (non-hydrogen) atoms. The van der Waals surface area contributed by atoms with E-state index in [1.165, 1.54) is 12.8 Å². The van der Waals surface area contributed by atoms with Gasteiger partial charge in [0, 0.05) is 12.7 Å². The van der Waals surface area contributed by atoms with Gasteiger partial charge in [-0.1, -0.05) is 11.6 Å². The summed E-state index contributed by atoms with van der Waals surface area (Å²) >= 11 is 6.22. The molecule has 0 radical (unpaired) electrons. The van der Waals surface area contributed by atoms with Gasteiger partial charge in [0.1, 0.15) is 12.3 Å². The van der Waals surface area contributed by atoms with Gasteiger partial charge in [0.2, 0.25) is 0 Å². The van der Waals surface area contributed by atoms with Crippen molar-refractivity contribution in [1.82, 2.24) is 14.8 Å². The Bertz CT molecular complexity index is 670. The molecule has 7 heteroatoms. The molecule has 2 heterocycles. The maximum absolute atomic E-state index is 12.4. The third-order valence-corrected chi connectivity index (χ3v) is 4.02. The Morgan fingerprint density at radius 2 is 2.35 bits per heavy atom. The number of amides is 1. The van der Waals surface area contributed by atoms with Crippen LogP contribution in [0.3, 0.4) is 0 Å². The average Bonchev–Trinajstić information content (AvgIpc) is 3.31. The van der Waals surface area contributed by atoms with Crippen LogP contribution in [-0.2, 0) is 9.53 Å². The first kappa shape index (κ1) is 16.0. The highest BCUT2D eigenvalue weighted by Crippen LogP contribution is 2.29. The summed E-state index contributed by atoms with van der Waals surface area (Å²) in [6.45, 7) is 3.13. The second kappa shape index (κ2) is 7.10. The first-order valence-corrected chi connectivity index (χ1v) is 8.10. The number of anilines is 1. The summed E-state index contributed by atoms with van der Waals surface area (Å²) in [5.41, 5.74) is 1.37. The molecule has 0 spiro atoms. The second-order valence-electron chi connectivity index (χ2n) is 5.56. The number of halogens is 1. The van der Waals surface area contributed by atoms with E-state index in [1.807, 2.05) is 19.1 Å². The Labute approximate surface area is 140 Å². The number of hydrogen-bond donors (Lipinski definition) is 0. The molecule has 0 saturated heterocycles. The van der Waals surface area contributed by atoms with Crippen LogP contribution in [0.25, 0.3) is 5.69 Å². The fourth-order valence-electron chi connectivity index (χ4n) is 2.30. The van der Waals surface area contributed by atoms with Crippen LogP contribution in [0, 0.1) is 5.92 Å². The normalized spacial score (nSPS) is 14.0. The van der Waals surface area contributed by atoms with Gasteiger partial charge < -0.3 is 9.64 Å². The van der Waals surface area contributed by atoms with Crippen LogP contribution in [0.4, 0.5) is 5.69 Å². The smallest absolute Gasteiger partial charge is 0.253 e. The molecule has 1 fully saturated rings. The maximum atomic E-state index is 12.4. The lowest BCUT2D eigenvalue weighted by Gasteiger charge is -2.19. The second-order valence-corrected chi connectivity index (χ2v) is 5.92. The van der Waals surface area contributed by atoms with Gasteiger partial charge in [0.15, 0.2) is 5.15 Å². The van der Waals surface area contributed by atoms with Crippen molar-refractivity contribution >= 4 is 23.2 Å². The van der Waals surface area contributed by atoms with Gasteiger partial charge in [0.25, 0.3) is 5.91 Å². The molecule has 1 aliphatic rings. The van der Waals surface area contributed by atoms with Gasteiger partial charge in [-0.05, 0) is 37.8 Å². The third-order valence-electron chi connectivity index (χ3n) is 3.75. The number of hydrogen-bond acceptors (Lipinski definition) is 4. The highest BCUT2D eigenvalue weighted by Gasteiger charge is 2.24. The van der Waals surface area contributed by atoms with Gasteiger partial charge in [-0.25, -0.2) is 4.68 Å². The summed E-state index contributed by atoms with van der Waals surface area (Å²) < 4.78 is 7.10. The molecule has 3 rings (SSSR count). The Morgan fingerprint density at radius 3 is 3.00 bits per heavy atom. The molecule has 0 atom stereocenters. The average molecular weight is 335 g/mol. The number of likely N-dealkylation sites (N-methyl/N-ethyl adjacent to an activating group) is 1. The standard InChI is InChI=1S/C16H19ClN4O2/c1-2-20(15(22)11-23-10-12-5-6-12)14-9-21(19-16(14)17)13-4-3-7-18-8-13/h3-4,7-9,12H,2,5-6,10-11H2,1H3. The molecule has 1 saturated carbocycles. The van der Waals surface area contributed by atoms with E-state index >= 15 is 0 Å². The van der Waals surface area contributed by atoms with Crippen molar-refractivity contribution in [2.45, 2.75) is 19.8 Å². The van der Waals surface area contributed by atoms with E-state index in [1.54, 1.807) is 28.2 Å². The van der Waals surface area contributed by atoms with Crippen LogP contribution in [0.2, 0.25) is 5.15 Å². The van der Waals surface area contributed by atoms with Crippen LogP contribution in [0.15, 0.2) is 30.7 Å². The van der Waals surface area contributed by atoms with E-state index in [-0.39, 0.29) is 17.7 Å². The summed E-state index contributed by atoms with van der Waals surface area (Å²) in [5.74, 6) is 0.524. The minimum atomic E-state index is -0.110. The molecule has 0 N–H and O–H groups in total. The first-order valence-electron chi connectivity index (χ1n) is 7.72. The van der Waals surface area contributed by atoms with E-state index in [0.717, 1.165) is 5.69 Å². The molecule has 6 nitrogen and oxygen atoms in total. The predicted molar refractivity (Wildman–Crippen MR) is 87.9 cm³/mol. The van der Waals surface area contributed by atoms with Gasteiger partial charge in [-0.2, -0.15) is 5.10 Å². The zero-order valence-corrected chi connectivity index (χ0v) is 13.7. The van der Waals surface area contributed by atoms with Crippen molar-refractivity contribution in [1.29, 1.82) is 0 Å². The predicted octanol–water partition coefficient (Wildman–Crippen LogP) is 2.70. The Kier molecular flexibility index (Phi) is 4.93. The van der Waals surface area contributed by atoms with Gasteiger partial charge >= 0.3 is 0 Å². The lowest BCUT2D eigenvalue weighted by atomic mass is 10.4. The molecule has 122 valence electrons. The lowest BCUT2D eigenvalue weighted by Crippen LogP contribution is -2.34. The number of carbonyl (C=O) groups is 1. The zero-order valence-electron chi connectivity index (χ0n) is 13.0. The fourth-order valence-corrected chi connectivity index (χ4v) is 2.54. The van der Waals surface area contributed by atoms with Crippen molar-refractivity contribution in [3.05, 3.63) is 35.9 Å². The number of carbonyl (C=O) groups excluding carboxylic acids is 1. The minimum Gasteiger partial charge on any atom is -0.371 e. The number of aromatic nitrogens is 3. The summed E-state index contributed by atoms with van der Waals surface area (Å²) in [6.07, 6.45) is 7.52. The largest absolute Gasteiger partial charge is 0.371 e. The number of ether oxygens (including phenoxy) is 1. The van der Waals surface area contributed by atoms with Crippen molar-refractivity contribution in [2.75, 3.05) is 24.7 Å². The fraction of sp³-hybridized carbons (Fsp3) is 0.438. The molecule has 0 unspecified atom stereocenters. The number of rotatable bonds is 7. The molecule has 2 aromatic heterocycles. The van der Waals surface area contributed by atoms with Crippen molar-refractivity contribution in [2.24, 2.45) is 5.92 Å². The Hall–Kier alpha value is -1.92. The highest BCUT2D eigenvalue weighted by atomic mass is 35.5. The van der Waals surface area contributed by atoms with Crippen LogP contribution in [-0.4, -0.2) is 40.4 Å². The van der Waals surface area contributed by atoms with Crippen LogP contribution < -0.4 is 4.90 Å². The number of nitrogens with zero attached hydrogens (tertiary/aromatic N) is 4. The van der Waals surface area contributed by atoms with Gasteiger partial charge in [-0.15, -0.1) is 0 Å². The molecular formula is C16H19ClN4O2. The summed E-state index contributed by atoms with van der Waals surface area (Å²) in [7, 11) is 0. The van der Waals surface area contributed by atoms with Crippen molar-refractivity contribution in [3.63, 3.8) is 0 Å². The molecular weight excluding hydrogens is 316 g/mol. The molecule has 0 aromatic carbocycles. The Balaban J connectivity index is 1.72. The SMILES string of the molecule is CCN(C(=O)COCC1CC1)c1cn(-c2cccnc2)nc1Cl. The van der Waals surface area contributed by atoms with Crippen LogP contribution in [0.5, 0.6) is 0 Å². The van der Waals surface area contributed by atoms with E-state index in [2.05, 4.69) is 10.1 Å². The van der Waals surface area contributed by atoms with Gasteiger partial charge in [0.05, 0.1) is 24.7 Å². The zero-order chi connectivity index (χ0) is 16.2. The van der Waals surface area contributed by atoms with Gasteiger partial charge in [-0.3, -0.25) is 9.78 Å². The lowest BCUT2D eigenvalue weighted by molar-refractivity contribution is -0.123. The van der Waals surface area contributed by atoms with E-state index in [4.69, 9.17) is 16.3 Å². The molecule has 1 aliphatic carbocycles. The maximum Gasteiger partial charge on any atom is 0.253 e. The quantitative estimate of drug-likeness (QED) is 0.781. The van der Waals surface area contributed by atoms with Crippen molar-refractivity contribution < 1.29 is 9.53 Å². The van der Waals surface area contributed by atoms with E-state index in [9.17, 15) is 4.79 Å². The summed E-state index contributed by atoms with van der Waals surface area (Å²) in [4.78, 5) is 18.0. The van der Waals surface area contributed by atoms with Crippen LogP contribution >= 0.6 is 11.6 Å². The van der Waals surface area contributed by atoms with E-state index in [0.29, 0.717) is 24.8 Å².